The number of rotatable bonds is 2. The van der Waals surface area contributed by atoms with Crippen molar-refractivity contribution in [1.29, 1.82) is 0 Å². The van der Waals surface area contributed by atoms with Gasteiger partial charge in [0.2, 0.25) is 0 Å². The third kappa shape index (κ3) is 2.03. The number of ether oxygens (including phenoxy) is 1. The Bertz CT molecular complexity index is 345. The SMILES string of the molecule is Cc1cccc(C(O)C2CCOC2)c1F. The molecule has 1 aromatic rings. The van der Waals surface area contributed by atoms with E-state index in [4.69, 9.17) is 4.74 Å². The number of hydrogen-bond acceptors (Lipinski definition) is 2. The Balaban J connectivity index is 2.24. The Morgan fingerprint density at radius 3 is 3.00 bits per heavy atom. The lowest BCUT2D eigenvalue weighted by molar-refractivity contribution is 0.0888. The van der Waals surface area contributed by atoms with Gasteiger partial charge in [0, 0.05) is 18.1 Å². The number of aliphatic hydroxyl groups is 1. The molecule has 82 valence electrons. The van der Waals surface area contributed by atoms with Gasteiger partial charge in [-0.3, -0.25) is 0 Å². The second kappa shape index (κ2) is 4.29. The van der Waals surface area contributed by atoms with Gasteiger partial charge in [0.1, 0.15) is 5.82 Å². The average molecular weight is 210 g/mol. The molecule has 1 saturated heterocycles. The van der Waals surface area contributed by atoms with E-state index in [2.05, 4.69) is 0 Å². The van der Waals surface area contributed by atoms with Gasteiger partial charge in [0.25, 0.3) is 0 Å². The molecule has 0 amide bonds. The van der Waals surface area contributed by atoms with Crippen molar-refractivity contribution in [3.63, 3.8) is 0 Å². The number of halogens is 1. The molecule has 0 aliphatic carbocycles. The summed E-state index contributed by atoms with van der Waals surface area (Å²) in [7, 11) is 0. The van der Waals surface area contributed by atoms with E-state index in [0.717, 1.165) is 6.42 Å². The molecule has 1 N–H and O–H groups in total. The van der Waals surface area contributed by atoms with E-state index >= 15 is 0 Å². The van der Waals surface area contributed by atoms with Crippen molar-refractivity contribution in [2.24, 2.45) is 5.92 Å². The molecule has 0 bridgehead atoms. The van der Waals surface area contributed by atoms with E-state index in [0.29, 0.717) is 24.3 Å². The zero-order valence-electron chi connectivity index (χ0n) is 8.74. The van der Waals surface area contributed by atoms with Crippen molar-refractivity contribution in [2.75, 3.05) is 13.2 Å². The zero-order valence-corrected chi connectivity index (χ0v) is 8.74. The van der Waals surface area contributed by atoms with Crippen LogP contribution in [-0.2, 0) is 4.74 Å². The second-order valence-corrected chi connectivity index (χ2v) is 4.05. The van der Waals surface area contributed by atoms with Gasteiger partial charge in [-0.25, -0.2) is 4.39 Å². The molecule has 0 saturated carbocycles. The minimum Gasteiger partial charge on any atom is -0.388 e. The summed E-state index contributed by atoms with van der Waals surface area (Å²) in [5.41, 5.74) is 0.968. The summed E-state index contributed by atoms with van der Waals surface area (Å²) >= 11 is 0. The summed E-state index contributed by atoms with van der Waals surface area (Å²) in [4.78, 5) is 0. The van der Waals surface area contributed by atoms with Gasteiger partial charge in [-0.05, 0) is 18.9 Å². The molecule has 1 heterocycles. The van der Waals surface area contributed by atoms with Crippen LogP contribution in [-0.4, -0.2) is 18.3 Å². The first-order chi connectivity index (χ1) is 7.20. The van der Waals surface area contributed by atoms with Crippen molar-refractivity contribution in [3.8, 4) is 0 Å². The minimum atomic E-state index is -0.743. The number of aliphatic hydroxyl groups excluding tert-OH is 1. The van der Waals surface area contributed by atoms with Crippen LogP contribution in [0.3, 0.4) is 0 Å². The normalized spacial score (nSPS) is 23.0. The third-order valence-electron chi connectivity index (χ3n) is 2.95. The standard InChI is InChI=1S/C12H15FO2/c1-8-3-2-4-10(11(8)13)12(14)9-5-6-15-7-9/h2-4,9,12,14H,5-7H2,1H3. The number of aryl methyl sites for hydroxylation is 1. The minimum absolute atomic E-state index is 0.0290. The predicted octanol–water partition coefficient (Wildman–Crippen LogP) is 2.20. The third-order valence-corrected chi connectivity index (χ3v) is 2.95. The van der Waals surface area contributed by atoms with Crippen molar-refractivity contribution in [3.05, 3.63) is 35.1 Å². The van der Waals surface area contributed by atoms with E-state index < -0.39 is 6.10 Å². The molecule has 2 atom stereocenters. The average Bonchev–Trinajstić information content (AvgIpc) is 2.74. The Labute approximate surface area is 88.7 Å². The lowest BCUT2D eigenvalue weighted by Crippen LogP contribution is -2.14. The maximum absolute atomic E-state index is 13.7. The quantitative estimate of drug-likeness (QED) is 0.810. The fourth-order valence-corrected chi connectivity index (χ4v) is 1.95. The smallest absolute Gasteiger partial charge is 0.131 e. The van der Waals surface area contributed by atoms with Gasteiger partial charge in [0.15, 0.2) is 0 Å². The van der Waals surface area contributed by atoms with Gasteiger partial charge in [-0.2, -0.15) is 0 Å². The molecule has 0 radical (unpaired) electrons. The molecule has 2 nitrogen and oxygen atoms in total. The van der Waals surface area contributed by atoms with Crippen molar-refractivity contribution >= 4 is 0 Å². The summed E-state index contributed by atoms with van der Waals surface area (Å²) in [6.45, 7) is 2.89. The molecule has 3 heteroatoms. The van der Waals surface area contributed by atoms with E-state index in [9.17, 15) is 9.50 Å². The first-order valence-electron chi connectivity index (χ1n) is 5.21. The largest absolute Gasteiger partial charge is 0.388 e. The maximum atomic E-state index is 13.7. The summed E-state index contributed by atoms with van der Waals surface area (Å²) in [5.74, 6) is -0.266. The molecule has 0 spiro atoms. The highest BCUT2D eigenvalue weighted by Crippen LogP contribution is 2.30. The predicted molar refractivity (Wildman–Crippen MR) is 55.0 cm³/mol. The van der Waals surface area contributed by atoms with Crippen molar-refractivity contribution < 1.29 is 14.2 Å². The van der Waals surface area contributed by atoms with Gasteiger partial charge >= 0.3 is 0 Å². The Kier molecular flexibility index (Phi) is 3.03. The molecule has 2 unspecified atom stereocenters. The fraction of sp³-hybridized carbons (Fsp3) is 0.500. The van der Waals surface area contributed by atoms with Crippen LogP contribution < -0.4 is 0 Å². The van der Waals surface area contributed by atoms with E-state index in [-0.39, 0.29) is 11.7 Å². The Hall–Kier alpha value is -0.930. The molecular formula is C12H15FO2. The lowest BCUT2D eigenvalue weighted by atomic mass is 9.94. The summed E-state index contributed by atoms with van der Waals surface area (Å²) < 4.78 is 18.9. The topological polar surface area (TPSA) is 29.5 Å². The lowest BCUT2D eigenvalue weighted by Gasteiger charge is -2.18. The highest BCUT2D eigenvalue weighted by Gasteiger charge is 2.27. The molecular weight excluding hydrogens is 195 g/mol. The van der Waals surface area contributed by atoms with Crippen LogP contribution in [0, 0.1) is 18.7 Å². The maximum Gasteiger partial charge on any atom is 0.131 e. The van der Waals surface area contributed by atoms with Gasteiger partial charge in [0.05, 0.1) is 12.7 Å². The van der Waals surface area contributed by atoms with Gasteiger partial charge < -0.3 is 9.84 Å². The van der Waals surface area contributed by atoms with Gasteiger partial charge in [-0.1, -0.05) is 18.2 Å². The van der Waals surface area contributed by atoms with E-state index in [1.54, 1.807) is 25.1 Å². The van der Waals surface area contributed by atoms with Crippen LogP contribution in [0.15, 0.2) is 18.2 Å². The molecule has 2 rings (SSSR count). The van der Waals surface area contributed by atoms with Crippen LogP contribution in [0.1, 0.15) is 23.7 Å². The first-order valence-corrected chi connectivity index (χ1v) is 5.21. The first kappa shape index (κ1) is 10.6. The Morgan fingerprint density at radius 2 is 2.33 bits per heavy atom. The number of hydrogen-bond donors (Lipinski definition) is 1. The van der Waals surface area contributed by atoms with Crippen LogP contribution in [0.25, 0.3) is 0 Å². The van der Waals surface area contributed by atoms with E-state index in [1.165, 1.54) is 0 Å². The van der Waals surface area contributed by atoms with E-state index in [1.807, 2.05) is 0 Å². The Morgan fingerprint density at radius 1 is 1.53 bits per heavy atom. The van der Waals surface area contributed by atoms with Crippen LogP contribution >= 0.6 is 0 Å². The molecule has 0 aromatic heterocycles. The summed E-state index contributed by atoms with van der Waals surface area (Å²) in [6, 6.07) is 5.12. The van der Waals surface area contributed by atoms with Crippen LogP contribution in [0.2, 0.25) is 0 Å². The zero-order chi connectivity index (χ0) is 10.8. The fourth-order valence-electron chi connectivity index (χ4n) is 1.95. The van der Waals surface area contributed by atoms with Crippen LogP contribution in [0.5, 0.6) is 0 Å². The molecule has 1 fully saturated rings. The molecule has 1 aromatic carbocycles. The van der Waals surface area contributed by atoms with Crippen molar-refractivity contribution in [2.45, 2.75) is 19.4 Å². The van der Waals surface area contributed by atoms with Gasteiger partial charge in [-0.15, -0.1) is 0 Å². The highest BCUT2D eigenvalue weighted by atomic mass is 19.1. The molecule has 1 aliphatic heterocycles. The monoisotopic (exact) mass is 210 g/mol. The summed E-state index contributed by atoms with van der Waals surface area (Å²) in [5, 5.41) is 10.0. The molecule has 15 heavy (non-hydrogen) atoms. The number of benzene rings is 1. The van der Waals surface area contributed by atoms with Crippen molar-refractivity contribution in [1.82, 2.24) is 0 Å². The second-order valence-electron chi connectivity index (χ2n) is 4.05. The van der Waals surface area contributed by atoms with Crippen LogP contribution in [0.4, 0.5) is 4.39 Å². The molecule has 1 aliphatic rings. The summed E-state index contributed by atoms with van der Waals surface area (Å²) in [6.07, 6.45) is 0.0570. The highest BCUT2D eigenvalue weighted by molar-refractivity contribution is 5.27.